The van der Waals surface area contributed by atoms with Gasteiger partial charge in [0.25, 0.3) is 0 Å². The lowest BCUT2D eigenvalue weighted by Gasteiger charge is -2.34. The maximum atomic E-state index is 12.4. The molecule has 1 heterocycles. The van der Waals surface area contributed by atoms with Crippen LogP contribution >= 0.6 is 0 Å². The summed E-state index contributed by atoms with van der Waals surface area (Å²) in [6, 6.07) is 10.8. The summed E-state index contributed by atoms with van der Waals surface area (Å²) in [6.45, 7) is 1.92. The van der Waals surface area contributed by atoms with Crippen LogP contribution in [0.1, 0.15) is 43.6 Å². The second-order valence-corrected chi connectivity index (χ2v) is 6.11. The Hall–Kier alpha value is -1.35. The van der Waals surface area contributed by atoms with Crippen molar-refractivity contribution in [2.45, 2.75) is 44.1 Å². The molecule has 3 heteroatoms. The molecule has 1 saturated carbocycles. The maximum absolute atomic E-state index is 12.4. The molecule has 3 rings (SSSR count). The van der Waals surface area contributed by atoms with Crippen LogP contribution in [0.5, 0.6) is 0 Å². The second kappa shape index (κ2) is 6.40. The van der Waals surface area contributed by atoms with E-state index >= 15 is 0 Å². The number of amides is 1. The van der Waals surface area contributed by atoms with Crippen LogP contribution in [-0.2, 0) is 4.79 Å². The van der Waals surface area contributed by atoms with E-state index in [4.69, 9.17) is 0 Å². The maximum Gasteiger partial charge on any atom is 0.223 e. The van der Waals surface area contributed by atoms with Crippen molar-refractivity contribution in [3.63, 3.8) is 0 Å². The van der Waals surface area contributed by atoms with Gasteiger partial charge < -0.3 is 10.6 Å². The van der Waals surface area contributed by atoms with E-state index in [0.717, 1.165) is 32.4 Å². The first-order valence-corrected chi connectivity index (χ1v) is 7.90. The average Bonchev–Trinajstić information content (AvgIpc) is 3.03. The van der Waals surface area contributed by atoms with E-state index in [1.54, 1.807) is 0 Å². The number of nitrogens with one attached hydrogen (secondary N) is 2. The van der Waals surface area contributed by atoms with Crippen LogP contribution in [0.3, 0.4) is 0 Å². The zero-order chi connectivity index (χ0) is 13.8. The van der Waals surface area contributed by atoms with E-state index in [-0.39, 0.29) is 17.9 Å². The highest BCUT2D eigenvalue weighted by Gasteiger charge is 2.30. The highest BCUT2D eigenvalue weighted by Crippen LogP contribution is 2.28. The van der Waals surface area contributed by atoms with Crippen LogP contribution in [0.4, 0.5) is 0 Å². The summed E-state index contributed by atoms with van der Waals surface area (Å²) in [5.74, 6) is 0.980. The van der Waals surface area contributed by atoms with Crippen molar-refractivity contribution in [1.29, 1.82) is 0 Å². The molecule has 1 aromatic carbocycles. The molecular formula is C17H24N2O. The van der Waals surface area contributed by atoms with Gasteiger partial charge in [0, 0.05) is 24.4 Å². The van der Waals surface area contributed by atoms with Gasteiger partial charge in [-0.3, -0.25) is 4.79 Å². The Morgan fingerprint density at radius 1 is 1.10 bits per heavy atom. The van der Waals surface area contributed by atoms with Gasteiger partial charge in [-0.15, -0.1) is 0 Å². The van der Waals surface area contributed by atoms with E-state index in [1.165, 1.54) is 18.4 Å². The van der Waals surface area contributed by atoms with Gasteiger partial charge in [0.05, 0.1) is 0 Å². The first kappa shape index (κ1) is 13.6. The predicted octanol–water partition coefficient (Wildman–Crippen LogP) is 2.44. The number of hydrogen-bond donors (Lipinski definition) is 2. The summed E-state index contributed by atoms with van der Waals surface area (Å²) >= 11 is 0. The highest BCUT2D eigenvalue weighted by molar-refractivity contribution is 5.79. The number of hydrogen-bond acceptors (Lipinski definition) is 2. The van der Waals surface area contributed by atoms with E-state index < -0.39 is 0 Å². The van der Waals surface area contributed by atoms with Gasteiger partial charge in [-0.1, -0.05) is 43.2 Å². The molecule has 1 aliphatic carbocycles. The van der Waals surface area contributed by atoms with Crippen molar-refractivity contribution >= 4 is 5.91 Å². The third-order valence-corrected chi connectivity index (χ3v) is 4.76. The monoisotopic (exact) mass is 272 g/mol. The number of rotatable bonds is 3. The molecule has 0 aromatic heterocycles. The summed E-state index contributed by atoms with van der Waals surface area (Å²) in [4.78, 5) is 12.4. The van der Waals surface area contributed by atoms with Gasteiger partial charge in [0.1, 0.15) is 0 Å². The van der Waals surface area contributed by atoms with Crippen molar-refractivity contribution in [2.24, 2.45) is 5.92 Å². The first-order chi connectivity index (χ1) is 9.84. The van der Waals surface area contributed by atoms with E-state index in [9.17, 15) is 4.79 Å². The summed E-state index contributed by atoms with van der Waals surface area (Å²) in [7, 11) is 0. The fourth-order valence-corrected chi connectivity index (χ4v) is 3.60. The molecule has 3 nitrogen and oxygen atoms in total. The van der Waals surface area contributed by atoms with E-state index in [1.807, 2.05) is 0 Å². The zero-order valence-corrected chi connectivity index (χ0v) is 12.0. The minimum absolute atomic E-state index is 0.235. The summed E-state index contributed by atoms with van der Waals surface area (Å²) in [6.07, 6.45) is 5.66. The van der Waals surface area contributed by atoms with Crippen LogP contribution in [0.15, 0.2) is 30.3 Å². The molecule has 20 heavy (non-hydrogen) atoms. The van der Waals surface area contributed by atoms with Crippen molar-refractivity contribution in [1.82, 2.24) is 10.6 Å². The number of carbonyl (C=O) groups excluding carboxylic acids is 1. The Labute approximate surface area is 121 Å². The van der Waals surface area contributed by atoms with Crippen LogP contribution < -0.4 is 10.6 Å². The van der Waals surface area contributed by atoms with Crippen LogP contribution in [0.2, 0.25) is 0 Å². The lowest BCUT2D eigenvalue weighted by Crippen LogP contribution is -2.51. The molecule has 2 fully saturated rings. The van der Waals surface area contributed by atoms with Gasteiger partial charge in [0.2, 0.25) is 5.91 Å². The van der Waals surface area contributed by atoms with Gasteiger partial charge in [0.15, 0.2) is 0 Å². The molecular weight excluding hydrogens is 248 g/mol. The molecule has 1 aromatic rings. The van der Waals surface area contributed by atoms with Gasteiger partial charge in [-0.2, -0.15) is 0 Å². The molecule has 2 N–H and O–H groups in total. The van der Waals surface area contributed by atoms with Crippen molar-refractivity contribution in [3.8, 4) is 0 Å². The molecule has 0 radical (unpaired) electrons. The third kappa shape index (κ3) is 3.04. The molecule has 1 aliphatic heterocycles. The number of benzene rings is 1. The van der Waals surface area contributed by atoms with Crippen LogP contribution in [0, 0.1) is 5.92 Å². The molecule has 108 valence electrons. The van der Waals surface area contributed by atoms with Crippen LogP contribution in [-0.4, -0.2) is 25.0 Å². The normalized spacial score (nSPS) is 27.4. The molecule has 0 bridgehead atoms. The minimum Gasteiger partial charge on any atom is -0.351 e. The highest BCUT2D eigenvalue weighted by atomic mass is 16.2. The Balaban J connectivity index is 1.67. The Morgan fingerprint density at radius 3 is 2.60 bits per heavy atom. The standard InChI is InChI=1S/C17H24N2O/c20-17(14-8-4-5-9-14)19-16-12-18-11-10-15(16)13-6-2-1-3-7-13/h1-3,6-7,14-16,18H,4-5,8-12H2,(H,19,20). The second-order valence-electron chi connectivity index (χ2n) is 6.11. The van der Waals surface area contributed by atoms with Crippen molar-refractivity contribution < 1.29 is 4.79 Å². The molecule has 1 saturated heterocycles. The summed E-state index contributed by atoms with van der Waals surface area (Å²) < 4.78 is 0. The Morgan fingerprint density at radius 2 is 1.85 bits per heavy atom. The largest absolute Gasteiger partial charge is 0.351 e. The van der Waals surface area contributed by atoms with Gasteiger partial charge in [-0.05, 0) is 31.4 Å². The predicted molar refractivity (Wildman–Crippen MR) is 80.6 cm³/mol. The zero-order valence-electron chi connectivity index (χ0n) is 12.0. The quantitative estimate of drug-likeness (QED) is 0.887. The SMILES string of the molecule is O=C(NC1CNCCC1c1ccccc1)C1CCCC1. The third-order valence-electron chi connectivity index (χ3n) is 4.76. The lowest BCUT2D eigenvalue weighted by molar-refractivity contribution is -0.125. The van der Waals surface area contributed by atoms with Gasteiger partial charge in [-0.25, -0.2) is 0 Å². The molecule has 0 spiro atoms. The van der Waals surface area contributed by atoms with Crippen molar-refractivity contribution in [3.05, 3.63) is 35.9 Å². The van der Waals surface area contributed by atoms with Crippen LogP contribution in [0.25, 0.3) is 0 Å². The fraction of sp³-hybridized carbons (Fsp3) is 0.588. The number of piperidine rings is 1. The minimum atomic E-state index is 0.235. The summed E-state index contributed by atoms with van der Waals surface area (Å²) in [5.41, 5.74) is 1.35. The summed E-state index contributed by atoms with van der Waals surface area (Å²) in [5, 5.41) is 6.72. The molecule has 2 unspecified atom stereocenters. The lowest BCUT2D eigenvalue weighted by atomic mass is 9.85. The van der Waals surface area contributed by atoms with E-state index in [0.29, 0.717) is 5.92 Å². The van der Waals surface area contributed by atoms with Gasteiger partial charge >= 0.3 is 0 Å². The Bertz CT molecular complexity index is 440. The topological polar surface area (TPSA) is 41.1 Å². The fourth-order valence-electron chi connectivity index (χ4n) is 3.60. The Kier molecular flexibility index (Phi) is 4.36. The molecule has 2 aliphatic rings. The first-order valence-electron chi connectivity index (χ1n) is 7.90. The number of carbonyl (C=O) groups is 1. The average molecular weight is 272 g/mol. The molecule has 2 atom stereocenters. The van der Waals surface area contributed by atoms with E-state index in [2.05, 4.69) is 41.0 Å². The molecule has 1 amide bonds. The smallest absolute Gasteiger partial charge is 0.223 e. The van der Waals surface area contributed by atoms with Crippen molar-refractivity contribution in [2.75, 3.05) is 13.1 Å².